The lowest BCUT2D eigenvalue weighted by Gasteiger charge is -2.52. The molecule has 2 unspecified atom stereocenters. The Morgan fingerprint density at radius 1 is 1.44 bits per heavy atom. The van der Waals surface area contributed by atoms with E-state index in [2.05, 4.69) is 20.8 Å². The second-order valence-electron chi connectivity index (χ2n) is 6.20. The average molecular weight is 225 g/mol. The molecule has 0 aromatic carbocycles. The van der Waals surface area contributed by atoms with Gasteiger partial charge in [-0.1, -0.05) is 20.8 Å². The molecule has 0 aromatic rings. The monoisotopic (exact) mass is 225 g/mol. The topological polar surface area (TPSA) is 35.2 Å². The Bertz CT molecular complexity index is 247. The molecule has 1 aliphatic heterocycles. The van der Waals surface area contributed by atoms with Gasteiger partial charge in [-0.15, -0.1) is 0 Å². The van der Waals surface area contributed by atoms with Crippen LogP contribution in [0.15, 0.2) is 0 Å². The highest BCUT2D eigenvalue weighted by molar-refractivity contribution is 5.02. The fraction of sp³-hybridized carbons (Fsp3) is 1.00. The van der Waals surface area contributed by atoms with E-state index in [9.17, 15) is 0 Å². The zero-order valence-electron chi connectivity index (χ0n) is 11.1. The van der Waals surface area contributed by atoms with Gasteiger partial charge >= 0.3 is 0 Å². The maximum absolute atomic E-state index is 6.66. The van der Waals surface area contributed by atoms with E-state index in [0.29, 0.717) is 11.8 Å². The third-order valence-electron chi connectivity index (χ3n) is 5.21. The maximum atomic E-state index is 6.66. The van der Waals surface area contributed by atoms with Gasteiger partial charge in [0.15, 0.2) is 0 Å². The van der Waals surface area contributed by atoms with Gasteiger partial charge in [0.1, 0.15) is 0 Å². The van der Waals surface area contributed by atoms with E-state index in [0.717, 1.165) is 19.4 Å². The first-order valence-electron chi connectivity index (χ1n) is 6.95. The largest absolute Gasteiger partial charge is 0.375 e. The Hall–Kier alpha value is -0.0800. The van der Waals surface area contributed by atoms with Crippen LogP contribution < -0.4 is 5.73 Å². The summed E-state index contributed by atoms with van der Waals surface area (Å²) in [6, 6.07) is 0. The minimum atomic E-state index is 0.0202. The highest BCUT2D eigenvalue weighted by Crippen LogP contribution is 2.48. The summed E-state index contributed by atoms with van der Waals surface area (Å²) >= 11 is 0. The summed E-state index contributed by atoms with van der Waals surface area (Å²) in [4.78, 5) is 0. The van der Waals surface area contributed by atoms with E-state index < -0.39 is 0 Å². The SMILES string of the molecule is CCC(N)(C(C)C)C1CCOC2(CCC2)C1. The third-order valence-corrected chi connectivity index (χ3v) is 5.21. The zero-order chi connectivity index (χ0) is 11.8. The lowest BCUT2D eigenvalue weighted by molar-refractivity contribution is -0.155. The Morgan fingerprint density at radius 3 is 2.56 bits per heavy atom. The molecule has 2 heteroatoms. The highest BCUT2D eigenvalue weighted by Gasteiger charge is 2.48. The molecule has 1 spiro atoms. The van der Waals surface area contributed by atoms with Crippen LogP contribution in [-0.4, -0.2) is 17.7 Å². The first kappa shape index (κ1) is 12.4. The molecule has 0 radical (unpaired) electrons. The van der Waals surface area contributed by atoms with Gasteiger partial charge in [-0.25, -0.2) is 0 Å². The van der Waals surface area contributed by atoms with Crippen LogP contribution in [0.3, 0.4) is 0 Å². The van der Waals surface area contributed by atoms with E-state index in [-0.39, 0.29) is 11.1 Å². The van der Waals surface area contributed by atoms with Crippen molar-refractivity contribution in [1.29, 1.82) is 0 Å². The Labute approximate surface area is 99.9 Å². The Morgan fingerprint density at radius 2 is 2.12 bits per heavy atom. The van der Waals surface area contributed by atoms with Crippen LogP contribution in [-0.2, 0) is 4.74 Å². The van der Waals surface area contributed by atoms with Gasteiger partial charge < -0.3 is 10.5 Å². The summed E-state index contributed by atoms with van der Waals surface area (Å²) in [6.07, 6.45) is 7.33. The molecule has 2 fully saturated rings. The van der Waals surface area contributed by atoms with Gasteiger partial charge in [0.25, 0.3) is 0 Å². The molecule has 16 heavy (non-hydrogen) atoms. The van der Waals surface area contributed by atoms with Crippen molar-refractivity contribution in [2.24, 2.45) is 17.6 Å². The second-order valence-corrected chi connectivity index (χ2v) is 6.20. The molecular formula is C14H27NO. The van der Waals surface area contributed by atoms with Crippen molar-refractivity contribution in [2.75, 3.05) is 6.61 Å². The van der Waals surface area contributed by atoms with Gasteiger partial charge in [-0.05, 0) is 50.4 Å². The lowest BCUT2D eigenvalue weighted by atomic mass is 9.63. The van der Waals surface area contributed by atoms with Crippen LogP contribution in [0.1, 0.15) is 59.3 Å². The summed E-state index contributed by atoms with van der Waals surface area (Å²) in [5.41, 5.74) is 6.91. The molecule has 1 saturated carbocycles. The number of hydrogen-bond donors (Lipinski definition) is 1. The molecule has 2 rings (SSSR count). The molecule has 0 bridgehead atoms. The van der Waals surface area contributed by atoms with Crippen molar-refractivity contribution < 1.29 is 4.74 Å². The van der Waals surface area contributed by atoms with Crippen LogP contribution in [0.25, 0.3) is 0 Å². The van der Waals surface area contributed by atoms with Crippen molar-refractivity contribution in [2.45, 2.75) is 70.4 Å². The molecule has 1 heterocycles. The molecule has 0 aromatic heterocycles. The van der Waals surface area contributed by atoms with Crippen molar-refractivity contribution >= 4 is 0 Å². The second kappa shape index (κ2) is 4.30. The number of ether oxygens (including phenoxy) is 1. The molecule has 1 saturated heterocycles. The Balaban J connectivity index is 2.08. The van der Waals surface area contributed by atoms with E-state index >= 15 is 0 Å². The summed E-state index contributed by atoms with van der Waals surface area (Å²) < 4.78 is 6.00. The van der Waals surface area contributed by atoms with Gasteiger partial charge in [0, 0.05) is 12.1 Å². The molecule has 1 aliphatic carbocycles. The van der Waals surface area contributed by atoms with Crippen molar-refractivity contribution in [3.63, 3.8) is 0 Å². The Kier molecular flexibility index (Phi) is 3.33. The molecule has 2 aliphatic rings. The van der Waals surface area contributed by atoms with E-state index in [1.165, 1.54) is 25.7 Å². The number of rotatable bonds is 3. The van der Waals surface area contributed by atoms with Crippen LogP contribution in [0.2, 0.25) is 0 Å². The molecule has 94 valence electrons. The van der Waals surface area contributed by atoms with E-state index in [1.807, 2.05) is 0 Å². The predicted molar refractivity (Wildman–Crippen MR) is 67.3 cm³/mol. The minimum Gasteiger partial charge on any atom is -0.375 e. The lowest BCUT2D eigenvalue weighted by Crippen LogP contribution is -2.57. The molecule has 2 atom stereocenters. The van der Waals surface area contributed by atoms with Gasteiger partial charge in [-0.2, -0.15) is 0 Å². The summed E-state index contributed by atoms with van der Waals surface area (Å²) in [5.74, 6) is 1.23. The van der Waals surface area contributed by atoms with Gasteiger partial charge in [-0.3, -0.25) is 0 Å². The smallest absolute Gasteiger partial charge is 0.0686 e. The van der Waals surface area contributed by atoms with Crippen molar-refractivity contribution in [3.05, 3.63) is 0 Å². The standard InChI is InChI=1S/C14H27NO/c1-4-14(15,11(2)3)12-6-9-16-13(10-12)7-5-8-13/h11-12H,4-10,15H2,1-3H3. The molecule has 2 nitrogen and oxygen atoms in total. The summed E-state index contributed by atoms with van der Waals surface area (Å²) in [7, 11) is 0. The fourth-order valence-corrected chi connectivity index (χ4v) is 3.57. The van der Waals surface area contributed by atoms with Crippen LogP contribution in [0.5, 0.6) is 0 Å². The fourth-order valence-electron chi connectivity index (χ4n) is 3.57. The number of nitrogens with two attached hydrogens (primary N) is 1. The number of hydrogen-bond acceptors (Lipinski definition) is 2. The summed E-state index contributed by atoms with van der Waals surface area (Å²) in [6.45, 7) is 7.71. The quantitative estimate of drug-likeness (QED) is 0.801. The average Bonchev–Trinajstić information content (AvgIpc) is 2.25. The normalized spacial score (nSPS) is 32.4. The predicted octanol–water partition coefficient (Wildman–Crippen LogP) is 3.10. The van der Waals surface area contributed by atoms with Crippen LogP contribution >= 0.6 is 0 Å². The van der Waals surface area contributed by atoms with Crippen LogP contribution in [0.4, 0.5) is 0 Å². The third kappa shape index (κ3) is 1.91. The summed E-state index contributed by atoms with van der Waals surface area (Å²) in [5, 5.41) is 0. The highest BCUT2D eigenvalue weighted by atomic mass is 16.5. The zero-order valence-corrected chi connectivity index (χ0v) is 11.1. The van der Waals surface area contributed by atoms with Crippen molar-refractivity contribution in [1.82, 2.24) is 0 Å². The first-order valence-corrected chi connectivity index (χ1v) is 6.95. The van der Waals surface area contributed by atoms with Crippen LogP contribution in [0, 0.1) is 11.8 Å². The molecular weight excluding hydrogens is 198 g/mol. The van der Waals surface area contributed by atoms with Gasteiger partial charge in [0.05, 0.1) is 5.60 Å². The van der Waals surface area contributed by atoms with E-state index in [4.69, 9.17) is 10.5 Å². The maximum Gasteiger partial charge on any atom is 0.0686 e. The van der Waals surface area contributed by atoms with E-state index in [1.54, 1.807) is 0 Å². The minimum absolute atomic E-state index is 0.0202. The van der Waals surface area contributed by atoms with Crippen molar-refractivity contribution in [3.8, 4) is 0 Å². The molecule has 0 amide bonds. The molecule has 2 N–H and O–H groups in total. The first-order chi connectivity index (χ1) is 7.52. The van der Waals surface area contributed by atoms with Gasteiger partial charge in [0.2, 0.25) is 0 Å².